The molecule has 0 amide bonds. The molecule has 0 aromatic carbocycles. The van der Waals surface area contributed by atoms with Crippen molar-refractivity contribution in [1.82, 2.24) is 4.90 Å². The van der Waals surface area contributed by atoms with Crippen LogP contribution in [0.4, 0.5) is 0 Å². The molecular formula is C6H11NOS. The fourth-order valence-electron chi connectivity index (χ4n) is 0.866. The van der Waals surface area contributed by atoms with E-state index in [2.05, 4.69) is 11.8 Å². The van der Waals surface area contributed by atoms with Crippen LogP contribution in [0.1, 0.15) is 6.92 Å². The van der Waals surface area contributed by atoms with Crippen molar-refractivity contribution in [2.45, 2.75) is 6.92 Å². The summed E-state index contributed by atoms with van der Waals surface area (Å²) < 4.78 is 0. The zero-order chi connectivity index (χ0) is 6.69. The van der Waals surface area contributed by atoms with Gasteiger partial charge in [-0.1, -0.05) is 18.7 Å². The maximum absolute atomic E-state index is 10.8. The molecule has 9 heavy (non-hydrogen) atoms. The maximum Gasteiger partial charge on any atom is 0.202 e. The van der Waals surface area contributed by atoms with Crippen LogP contribution in [-0.2, 0) is 4.79 Å². The lowest BCUT2D eigenvalue weighted by atomic mass is 10.5. The monoisotopic (exact) mass is 145 g/mol. The predicted octanol–water partition coefficient (Wildman–Crippen LogP) is 0.582. The van der Waals surface area contributed by atoms with E-state index in [9.17, 15) is 4.79 Å². The number of thioether (sulfide) groups is 1. The van der Waals surface area contributed by atoms with Crippen LogP contribution in [0.3, 0.4) is 0 Å². The van der Waals surface area contributed by atoms with E-state index < -0.39 is 0 Å². The van der Waals surface area contributed by atoms with Crippen LogP contribution in [-0.4, -0.2) is 35.4 Å². The molecule has 1 heterocycles. The molecule has 0 unspecified atom stereocenters. The minimum absolute atomic E-state index is 0.322. The molecule has 1 aliphatic rings. The summed E-state index contributed by atoms with van der Waals surface area (Å²) in [6, 6.07) is 0. The summed E-state index contributed by atoms with van der Waals surface area (Å²) in [4.78, 5) is 12.9. The Hall–Kier alpha value is -0.0200. The van der Waals surface area contributed by atoms with Crippen molar-refractivity contribution in [3.05, 3.63) is 0 Å². The minimum Gasteiger partial charge on any atom is -0.295 e. The molecule has 0 atom stereocenters. The molecule has 0 aromatic heterocycles. The van der Waals surface area contributed by atoms with Gasteiger partial charge in [-0.2, -0.15) is 0 Å². The van der Waals surface area contributed by atoms with E-state index in [0.717, 1.165) is 18.8 Å². The molecule has 0 aromatic rings. The number of carbonyl (C=O) groups is 1. The third-order valence-corrected chi connectivity index (χ3v) is 2.31. The van der Waals surface area contributed by atoms with E-state index in [-0.39, 0.29) is 0 Å². The number of hydrogen-bond acceptors (Lipinski definition) is 3. The third kappa shape index (κ3) is 1.99. The SMILES string of the molecule is CCN1CCSC(=O)C1. The Balaban J connectivity index is 2.32. The van der Waals surface area contributed by atoms with Crippen LogP contribution in [0, 0.1) is 0 Å². The lowest BCUT2D eigenvalue weighted by molar-refractivity contribution is -0.112. The summed E-state index contributed by atoms with van der Waals surface area (Å²) in [5.41, 5.74) is 0. The molecule has 0 radical (unpaired) electrons. The highest BCUT2D eigenvalue weighted by molar-refractivity contribution is 8.13. The Kier molecular flexibility index (Phi) is 2.54. The van der Waals surface area contributed by atoms with E-state index in [1.807, 2.05) is 0 Å². The summed E-state index contributed by atoms with van der Waals surface area (Å²) in [6.45, 7) is 4.82. The van der Waals surface area contributed by atoms with Crippen LogP contribution >= 0.6 is 11.8 Å². The summed E-state index contributed by atoms with van der Waals surface area (Å²) >= 11 is 1.46. The smallest absolute Gasteiger partial charge is 0.202 e. The van der Waals surface area contributed by atoms with Crippen LogP contribution in [0.15, 0.2) is 0 Å². The molecule has 1 aliphatic heterocycles. The predicted molar refractivity (Wildman–Crippen MR) is 39.6 cm³/mol. The van der Waals surface area contributed by atoms with Gasteiger partial charge in [-0.25, -0.2) is 0 Å². The van der Waals surface area contributed by atoms with Crippen molar-refractivity contribution < 1.29 is 4.79 Å². The highest BCUT2D eigenvalue weighted by Gasteiger charge is 2.14. The normalized spacial score (nSPS) is 22.6. The third-order valence-electron chi connectivity index (χ3n) is 1.47. The van der Waals surface area contributed by atoms with Gasteiger partial charge in [0.15, 0.2) is 0 Å². The van der Waals surface area contributed by atoms with Gasteiger partial charge in [0.1, 0.15) is 0 Å². The van der Waals surface area contributed by atoms with Crippen molar-refractivity contribution in [1.29, 1.82) is 0 Å². The fourth-order valence-corrected chi connectivity index (χ4v) is 1.72. The quantitative estimate of drug-likeness (QED) is 0.538. The van der Waals surface area contributed by atoms with E-state index in [0.29, 0.717) is 11.7 Å². The Bertz CT molecular complexity index is 116. The van der Waals surface area contributed by atoms with Gasteiger partial charge in [0.25, 0.3) is 0 Å². The van der Waals surface area contributed by atoms with E-state index >= 15 is 0 Å². The Labute approximate surface area is 59.6 Å². The molecule has 52 valence electrons. The first kappa shape index (κ1) is 7.09. The fraction of sp³-hybridized carbons (Fsp3) is 0.833. The second-order valence-electron chi connectivity index (χ2n) is 2.09. The highest BCUT2D eigenvalue weighted by Crippen LogP contribution is 2.09. The zero-order valence-electron chi connectivity index (χ0n) is 5.59. The van der Waals surface area contributed by atoms with Crippen molar-refractivity contribution in [3.63, 3.8) is 0 Å². The number of rotatable bonds is 1. The zero-order valence-corrected chi connectivity index (χ0v) is 6.41. The molecule has 0 bridgehead atoms. The lowest BCUT2D eigenvalue weighted by Crippen LogP contribution is -2.34. The largest absolute Gasteiger partial charge is 0.295 e. The average molecular weight is 145 g/mol. The van der Waals surface area contributed by atoms with Crippen LogP contribution in [0.25, 0.3) is 0 Å². The van der Waals surface area contributed by atoms with Crippen LogP contribution < -0.4 is 0 Å². The van der Waals surface area contributed by atoms with Gasteiger partial charge in [0.05, 0.1) is 6.54 Å². The molecule has 1 rings (SSSR count). The Morgan fingerprint density at radius 2 is 2.56 bits per heavy atom. The molecule has 3 heteroatoms. The summed E-state index contributed by atoms with van der Waals surface area (Å²) in [6.07, 6.45) is 0. The van der Waals surface area contributed by atoms with Gasteiger partial charge in [0.2, 0.25) is 5.12 Å². The van der Waals surface area contributed by atoms with Crippen LogP contribution in [0.5, 0.6) is 0 Å². The van der Waals surface area contributed by atoms with E-state index in [4.69, 9.17) is 0 Å². The van der Waals surface area contributed by atoms with Crippen molar-refractivity contribution >= 4 is 16.9 Å². The number of nitrogens with zero attached hydrogens (tertiary/aromatic N) is 1. The van der Waals surface area contributed by atoms with Gasteiger partial charge >= 0.3 is 0 Å². The average Bonchev–Trinajstić information content (AvgIpc) is 1.88. The number of likely N-dealkylation sites (N-methyl/N-ethyl adjacent to an activating group) is 1. The van der Waals surface area contributed by atoms with Gasteiger partial charge in [0, 0.05) is 12.3 Å². The van der Waals surface area contributed by atoms with Gasteiger partial charge in [-0.3, -0.25) is 9.69 Å². The first-order valence-electron chi connectivity index (χ1n) is 3.21. The standard InChI is InChI=1S/C6H11NOS/c1-2-7-3-4-9-6(8)5-7/h2-5H2,1H3. The summed E-state index contributed by atoms with van der Waals surface area (Å²) in [5, 5.41) is 0.322. The minimum atomic E-state index is 0.322. The first-order valence-corrected chi connectivity index (χ1v) is 4.19. The van der Waals surface area contributed by atoms with Gasteiger partial charge in [-0.05, 0) is 6.54 Å². The number of hydrogen-bond donors (Lipinski definition) is 0. The van der Waals surface area contributed by atoms with E-state index in [1.165, 1.54) is 11.8 Å². The van der Waals surface area contributed by atoms with Crippen molar-refractivity contribution in [3.8, 4) is 0 Å². The molecule has 0 aliphatic carbocycles. The molecule has 1 saturated heterocycles. The summed E-state index contributed by atoms with van der Waals surface area (Å²) in [7, 11) is 0. The highest BCUT2D eigenvalue weighted by atomic mass is 32.2. The number of carbonyl (C=O) groups excluding carboxylic acids is 1. The second kappa shape index (κ2) is 3.22. The maximum atomic E-state index is 10.8. The first-order chi connectivity index (χ1) is 4.33. The van der Waals surface area contributed by atoms with Gasteiger partial charge in [-0.15, -0.1) is 0 Å². The van der Waals surface area contributed by atoms with Crippen LogP contribution in [0.2, 0.25) is 0 Å². The molecule has 0 N–H and O–H groups in total. The Morgan fingerprint density at radius 1 is 1.78 bits per heavy atom. The molecule has 1 fully saturated rings. The second-order valence-corrected chi connectivity index (χ2v) is 3.24. The van der Waals surface area contributed by atoms with E-state index in [1.54, 1.807) is 0 Å². The van der Waals surface area contributed by atoms with Crippen molar-refractivity contribution in [2.24, 2.45) is 0 Å². The lowest BCUT2D eigenvalue weighted by Gasteiger charge is -2.22. The van der Waals surface area contributed by atoms with Gasteiger partial charge < -0.3 is 0 Å². The molecular weight excluding hydrogens is 134 g/mol. The summed E-state index contributed by atoms with van der Waals surface area (Å²) in [5.74, 6) is 0.979. The van der Waals surface area contributed by atoms with Crippen molar-refractivity contribution in [2.75, 3.05) is 25.4 Å². The Morgan fingerprint density at radius 3 is 3.00 bits per heavy atom. The topological polar surface area (TPSA) is 20.3 Å². The molecule has 0 spiro atoms. The molecule has 2 nitrogen and oxygen atoms in total. The molecule has 0 saturated carbocycles.